The van der Waals surface area contributed by atoms with Crippen LogP contribution >= 0.6 is 0 Å². The van der Waals surface area contributed by atoms with Crippen molar-refractivity contribution >= 4 is 11.7 Å². The first-order chi connectivity index (χ1) is 12.7. The molecule has 7 heteroatoms. The second-order valence-electron chi connectivity index (χ2n) is 6.01. The number of carbonyl (C=O) groups excluding carboxylic acids is 1. The highest BCUT2D eigenvalue weighted by molar-refractivity contribution is 5.89. The average molecular weight is 352 g/mol. The van der Waals surface area contributed by atoms with Gasteiger partial charge in [-0.3, -0.25) is 0 Å². The number of ether oxygens (including phenoxy) is 2. The van der Waals surface area contributed by atoms with E-state index in [2.05, 4.69) is 16.4 Å². The molecular weight excluding hydrogens is 332 g/mol. The van der Waals surface area contributed by atoms with Crippen LogP contribution in [0.4, 0.5) is 10.5 Å². The number of likely N-dealkylation sites (tertiary alicyclic amines) is 1. The van der Waals surface area contributed by atoms with Gasteiger partial charge in [-0.15, -0.1) is 0 Å². The van der Waals surface area contributed by atoms with Gasteiger partial charge in [-0.25, -0.2) is 9.78 Å². The van der Waals surface area contributed by atoms with Crippen molar-refractivity contribution in [3.05, 3.63) is 42.6 Å². The number of nitrogens with one attached hydrogen (secondary N) is 1. The van der Waals surface area contributed by atoms with Crippen molar-refractivity contribution in [2.24, 2.45) is 5.92 Å². The summed E-state index contributed by atoms with van der Waals surface area (Å²) in [6.45, 7) is 1.13. The van der Waals surface area contributed by atoms with Gasteiger partial charge < -0.3 is 19.7 Å². The lowest BCUT2D eigenvalue weighted by Gasteiger charge is -2.29. The summed E-state index contributed by atoms with van der Waals surface area (Å²) in [7, 11) is 1.59. The molecule has 26 heavy (non-hydrogen) atoms. The third-order valence-corrected chi connectivity index (χ3v) is 4.14. The summed E-state index contributed by atoms with van der Waals surface area (Å²) < 4.78 is 10.8. The van der Waals surface area contributed by atoms with Gasteiger partial charge in [-0.1, -0.05) is 6.07 Å². The Morgan fingerprint density at radius 2 is 2.19 bits per heavy atom. The fraction of sp³-hybridized carbons (Fsp3) is 0.316. The third kappa shape index (κ3) is 4.42. The number of hydrogen-bond acceptors (Lipinski definition) is 5. The zero-order valence-electron chi connectivity index (χ0n) is 14.5. The van der Waals surface area contributed by atoms with E-state index in [1.54, 1.807) is 36.4 Å². The van der Waals surface area contributed by atoms with Gasteiger partial charge in [-0.2, -0.15) is 5.26 Å². The first-order valence-electron chi connectivity index (χ1n) is 8.41. The van der Waals surface area contributed by atoms with Crippen molar-refractivity contribution in [1.29, 1.82) is 5.26 Å². The Kier molecular flexibility index (Phi) is 5.54. The van der Waals surface area contributed by atoms with Crippen LogP contribution in [0.2, 0.25) is 0 Å². The van der Waals surface area contributed by atoms with E-state index < -0.39 is 0 Å². The van der Waals surface area contributed by atoms with E-state index in [4.69, 9.17) is 14.7 Å². The highest BCUT2D eigenvalue weighted by atomic mass is 16.5. The predicted molar refractivity (Wildman–Crippen MR) is 96.2 cm³/mol. The van der Waals surface area contributed by atoms with Gasteiger partial charge in [0.05, 0.1) is 31.0 Å². The van der Waals surface area contributed by atoms with Crippen LogP contribution in [0, 0.1) is 17.2 Å². The molecule has 1 N–H and O–H groups in total. The predicted octanol–water partition coefficient (Wildman–Crippen LogP) is 3.65. The number of benzene rings is 1. The van der Waals surface area contributed by atoms with Crippen molar-refractivity contribution in [1.82, 2.24) is 9.88 Å². The molecule has 1 aromatic carbocycles. The van der Waals surface area contributed by atoms with E-state index >= 15 is 0 Å². The zero-order valence-corrected chi connectivity index (χ0v) is 14.5. The van der Waals surface area contributed by atoms with E-state index in [1.165, 1.54) is 0 Å². The number of pyridine rings is 1. The molecule has 2 heterocycles. The molecule has 7 nitrogen and oxygen atoms in total. The van der Waals surface area contributed by atoms with Crippen LogP contribution in [0.25, 0.3) is 0 Å². The summed E-state index contributed by atoms with van der Waals surface area (Å²) in [5.41, 5.74) is 0.576. The monoisotopic (exact) mass is 352 g/mol. The number of nitrogens with zero attached hydrogens (tertiary/aromatic N) is 3. The van der Waals surface area contributed by atoms with Crippen molar-refractivity contribution in [3.63, 3.8) is 0 Å². The molecule has 1 aliphatic rings. The number of rotatable bonds is 4. The topological polar surface area (TPSA) is 87.5 Å². The molecule has 2 aromatic rings. The number of methoxy groups -OCH3 is 1. The van der Waals surface area contributed by atoms with Gasteiger partial charge in [0.15, 0.2) is 0 Å². The molecule has 1 fully saturated rings. The van der Waals surface area contributed by atoms with E-state index in [-0.39, 0.29) is 11.9 Å². The molecule has 0 radical (unpaired) electrons. The van der Waals surface area contributed by atoms with Crippen molar-refractivity contribution in [3.8, 4) is 23.4 Å². The van der Waals surface area contributed by atoms with Gasteiger partial charge in [-0.05, 0) is 31.0 Å². The summed E-state index contributed by atoms with van der Waals surface area (Å²) in [6.07, 6.45) is 3.23. The molecular formula is C19H20N4O3. The number of anilines is 1. The smallest absolute Gasteiger partial charge is 0.321 e. The van der Waals surface area contributed by atoms with Crippen LogP contribution in [0.5, 0.6) is 17.4 Å². The maximum Gasteiger partial charge on any atom is 0.321 e. The molecule has 0 bridgehead atoms. The van der Waals surface area contributed by atoms with E-state index in [0.717, 1.165) is 12.8 Å². The molecule has 1 atom stereocenters. The molecule has 0 spiro atoms. The summed E-state index contributed by atoms with van der Waals surface area (Å²) >= 11 is 0. The first-order valence-corrected chi connectivity index (χ1v) is 8.41. The normalized spacial score (nSPS) is 16.5. The minimum absolute atomic E-state index is 0.0914. The average Bonchev–Trinajstić information content (AvgIpc) is 2.69. The Labute approximate surface area is 152 Å². The van der Waals surface area contributed by atoms with Gasteiger partial charge in [0.2, 0.25) is 5.88 Å². The molecule has 1 aliphatic heterocycles. The summed E-state index contributed by atoms with van der Waals surface area (Å²) in [4.78, 5) is 18.2. The fourth-order valence-electron chi connectivity index (χ4n) is 2.77. The zero-order chi connectivity index (χ0) is 18.4. The lowest BCUT2D eigenvalue weighted by atomic mass is 10.0. The second kappa shape index (κ2) is 8.21. The number of nitriles is 1. The van der Waals surface area contributed by atoms with Crippen molar-refractivity contribution in [2.45, 2.75) is 12.8 Å². The van der Waals surface area contributed by atoms with E-state index in [0.29, 0.717) is 36.2 Å². The lowest BCUT2D eigenvalue weighted by Crippen LogP contribution is -2.42. The summed E-state index contributed by atoms with van der Waals surface area (Å²) in [5.74, 6) is 1.64. The van der Waals surface area contributed by atoms with Crippen LogP contribution < -0.4 is 14.8 Å². The Morgan fingerprint density at radius 3 is 2.92 bits per heavy atom. The first kappa shape index (κ1) is 17.5. The standard InChI is InChI=1S/C19H20N4O3/c1-25-16-5-2-6-17(10-16)26-18-8-7-15(12-21-18)22-19(24)23-9-3-4-14(11-20)13-23/h2,5-8,10,12,14H,3-4,9,13H2,1H3,(H,22,24)/t14-/m1/s1. The Balaban J connectivity index is 1.59. The maximum atomic E-state index is 12.3. The molecule has 3 rings (SSSR count). The Bertz CT molecular complexity index is 801. The number of urea groups is 1. The summed E-state index contributed by atoms with van der Waals surface area (Å²) in [6, 6.07) is 12.7. The van der Waals surface area contributed by atoms with Crippen molar-refractivity contribution in [2.75, 3.05) is 25.5 Å². The number of hydrogen-bond donors (Lipinski definition) is 1. The molecule has 2 amide bonds. The quantitative estimate of drug-likeness (QED) is 0.907. The van der Waals surface area contributed by atoms with Crippen LogP contribution in [-0.2, 0) is 0 Å². The van der Waals surface area contributed by atoms with Crippen LogP contribution in [0.3, 0.4) is 0 Å². The number of carbonyl (C=O) groups is 1. The minimum Gasteiger partial charge on any atom is -0.497 e. The van der Waals surface area contributed by atoms with Gasteiger partial charge in [0.1, 0.15) is 11.5 Å². The lowest BCUT2D eigenvalue weighted by molar-refractivity contribution is 0.189. The molecule has 1 saturated heterocycles. The van der Waals surface area contributed by atoms with Gasteiger partial charge in [0, 0.05) is 25.2 Å². The van der Waals surface area contributed by atoms with Gasteiger partial charge in [0.25, 0.3) is 0 Å². The van der Waals surface area contributed by atoms with E-state index in [1.807, 2.05) is 18.2 Å². The minimum atomic E-state index is -0.215. The number of amides is 2. The second-order valence-corrected chi connectivity index (χ2v) is 6.01. The molecule has 0 aliphatic carbocycles. The maximum absolute atomic E-state index is 12.3. The molecule has 0 saturated carbocycles. The molecule has 1 aromatic heterocycles. The van der Waals surface area contributed by atoms with Crippen molar-refractivity contribution < 1.29 is 14.3 Å². The summed E-state index contributed by atoms with van der Waals surface area (Å²) in [5, 5.41) is 11.8. The van der Waals surface area contributed by atoms with Gasteiger partial charge >= 0.3 is 6.03 Å². The van der Waals surface area contributed by atoms with Crippen LogP contribution in [-0.4, -0.2) is 36.1 Å². The third-order valence-electron chi connectivity index (χ3n) is 4.14. The highest BCUT2D eigenvalue weighted by Crippen LogP contribution is 2.24. The van der Waals surface area contributed by atoms with Crippen LogP contribution in [0.1, 0.15) is 12.8 Å². The number of piperidine rings is 1. The van der Waals surface area contributed by atoms with E-state index in [9.17, 15) is 4.79 Å². The molecule has 134 valence electrons. The largest absolute Gasteiger partial charge is 0.497 e. The number of aromatic nitrogens is 1. The Morgan fingerprint density at radius 1 is 1.35 bits per heavy atom. The Hall–Kier alpha value is -3.27. The van der Waals surface area contributed by atoms with Crippen LogP contribution in [0.15, 0.2) is 42.6 Å². The molecule has 0 unspecified atom stereocenters. The highest BCUT2D eigenvalue weighted by Gasteiger charge is 2.23. The fourth-order valence-corrected chi connectivity index (χ4v) is 2.77. The SMILES string of the molecule is COc1cccc(Oc2ccc(NC(=O)N3CCC[C@H](C#N)C3)cn2)c1.